The van der Waals surface area contributed by atoms with Crippen LogP contribution < -0.4 is 4.74 Å². The molecule has 0 saturated carbocycles. The molecule has 0 saturated heterocycles. The third kappa shape index (κ3) is 2.69. The van der Waals surface area contributed by atoms with Gasteiger partial charge in [0.25, 0.3) is 0 Å². The molecule has 0 bridgehead atoms. The highest BCUT2D eigenvalue weighted by atomic mass is 79.9. The number of hydrogen-bond acceptors (Lipinski definition) is 4. The summed E-state index contributed by atoms with van der Waals surface area (Å²) in [4.78, 5) is 9.22. The average Bonchev–Trinajstić information content (AvgIpc) is 2.65. The highest BCUT2D eigenvalue weighted by Gasteiger charge is 2.18. The number of halogens is 2. The van der Waals surface area contributed by atoms with E-state index in [9.17, 15) is 5.11 Å². The number of fused-ring (bicyclic) bond motifs is 2. The van der Waals surface area contributed by atoms with Crippen LogP contribution in [0.1, 0.15) is 5.56 Å². The second kappa shape index (κ2) is 6.17. The topological polar surface area (TPSA) is 55.2 Å². The van der Waals surface area contributed by atoms with Crippen LogP contribution in [0.4, 0.5) is 0 Å². The van der Waals surface area contributed by atoms with E-state index in [2.05, 4.69) is 25.9 Å². The normalized spacial score (nSPS) is 11.2. The Morgan fingerprint density at radius 2 is 1.72 bits per heavy atom. The quantitative estimate of drug-likeness (QED) is 0.408. The van der Waals surface area contributed by atoms with E-state index < -0.39 is 0 Å². The lowest BCUT2D eigenvalue weighted by atomic mass is 10.1. The zero-order valence-electron chi connectivity index (χ0n) is 13.1. The third-order valence-electron chi connectivity index (χ3n) is 3.94. The van der Waals surface area contributed by atoms with Gasteiger partial charge in [-0.05, 0) is 47.1 Å². The number of rotatable bonds is 2. The standard InChI is InChI=1S/C19H12BrClN2O2/c1-10-15(21)14(20)17-18(19(10)24)22-12-8-5-9-13(16(12)23-17)25-11-6-3-2-4-7-11/h2-9,24H,1H3. The summed E-state index contributed by atoms with van der Waals surface area (Å²) < 4.78 is 6.55. The Balaban J connectivity index is 2.00. The van der Waals surface area contributed by atoms with Gasteiger partial charge in [0, 0.05) is 5.56 Å². The Hall–Kier alpha value is -2.37. The van der Waals surface area contributed by atoms with Gasteiger partial charge in [-0.25, -0.2) is 9.97 Å². The van der Waals surface area contributed by atoms with Crippen molar-refractivity contribution in [2.75, 3.05) is 0 Å². The van der Waals surface area contributed by atoms with Gasteiger partial charge in [0.15, 0.2) is 5.75 Å². The lowest BCUT2D eigenvalue weighted by Gasteiger charge is -2.12. The number of ether oxygens (including phenoxy) is 1. The lowest BCUT2D eigenvalue weighted by Crippen LogP contribution is -1.94. The second-order valence-corrected chi connectivity index (χ2v) is 6.73. The maximum Gasteiger partial charge on any atom is 0.155 e. The molecule has 0 amide bonds. The number of hydrogen-bond donors (Lipinski definition) is 1. The van der Waals surface area contributed by atoms with Crippen molar-refractivity contribution >= 4 is 49.6 Å². The molecule has 1 aromatic heterocycles. The summed E-state index contributed by atoms with van der Waals surface area (Å²) in [6.07, 6.45) is 0. The van der Waals surface area contributed by atoms with Gasteiger partial charge in [0.1, 0.15) is 28.0 Å². The summed E-state index contributed by atoms with van der Waals surface area (Å²) in [6.45, 7) is 1.74. The molecule has 0 unspecified atom stereocenters. The Kier molecular flexibility index (Phi) is 3.98. The summed E-state index contributed by atoms with van der Waals surface area (Å²) in [5.74, 6) is 1.33. The van der Waals surface area contributed by atoms with Crippen molar-refractivity contribution in [1.82, 2.24) is 9.97 Å². The van der Waals surface area contributed by atoms with Crippen LogP contribution in [-0.2, 0) is 0 Å². The molecule has 0 aliphatic carbocycles. The van der Waals surface area contributed by atoms with Gasteiger partial charge in [-0.1, -0.05) is 35.9 Å². The van der Waals surface area contributed by atoms with E-state index in [1.165, 1.54) is 0 Å². The predicted octanol–water partition coefficient (Wildman–Crippen LogP) is 6.01. The lowest BCUT2D eigenvalue weighted by molar-refractivity contribution is 0.476. The highest BCUT2D eigenvalue weighted by molar-refractivity contribution is 9.10. The van der Waals surface area contributed by atoms with Gasteiger partial charge >= 0.3 is 0 Å². The monoisotopic (exact) mass is 414 g/mol. The Morgan fingerprint density at radius 1 is 0.960 bits per heavy atom. The van der Waals surface area contributed by atoms with E-state index in [-0.39, 0.29) is 5.75 Å². The molecule has 0 atom stereocenters. The number of phenols is 1. The number of nitrogens with zero attached hydrogens (tertiary/aromatic N) is 2. The van der Waals surface area contributed by atoms with Crippen LogP contribution in [0.3, 0.4) is 0 Å². The van der Waals surface area contributed by atoms with Crippen LogP contribution in [0.5, 0.6) is 17.2 Å². The minimum Gasteiger partial charge on any atom is -0.505 e. The fraction of sp³-hybridized carbons (Fsp3) is 0.0526. The second-order valence-electron chi connectivity index (χ2n) is 5.56. The van der Waals surface area contributed by atoms with Gasteiger partial charge in [-0.3, -0.25) is 0 Å². The first-order chi connectivity index (χ1) is 12.1. The van der Waals surface area contributed by atoms with Crippen molar-refractivity contribution in [3.63, 3.8) is 0 Å². The van der Waals surface area contributed by atoms with E-state index in [0.717, 1.165) is 0 Å². The molecule has 0 fully saturated rings. The van der Waals surface area contributed by atoms with Crippen LogP contribution in [0.25, 0.3) is 22.1 Å². The van der Waals surface area contributed by atoms with Crippen molar-refractivity contribution in [1.29, 1.82) is 0 Å². The van der Waals surface area contributed by atoms with Gasteiger partial charge in [0.2, 0.25) is 0 Å². The van der Waals surface area contributed by atoms with Crippen LogP contribution in [0.15, 0.2) is 53.0 Å². The first kappa shape index (κ1) is 16.1. The molecule has 3 aromatic carbocycles. The molecule has 0 radical (unpaired) electrons. The molecule has 124 valence electrons. The highest BCUT2D eigenvalue weighted by Crippen LogP contribution is 2.40. The van der Waals surface area contributed by atoms with Crippen LogP contribution >= 0.6 is 27.5 Å². The molecule has 4 aromatic rings. The molecule has 0 aliphatic rings. The molecule has 1 N–H and O–H groups in total. The van der Waals surface area contributed by atoms with Crippen LogP contribution in [0, 0.1) is 6.92 Å². The molecular weight excluding hydrogens is 404 g/mol. The Labute approximate surface area is 157 Å². The fourth-order valence-corrected chi connectivity index (χ4v) is 3.37. The van der Waals surface area contributed by atoms with E-state index in [1.54, 1.807) is 6.92 Å². The first-order valence-electron chi connectivity index (χ1n) is 7.56. The third-order valence-corrected chi connectivity index (χ3v) is 5.41. The Bertz CT molecular complexity index is 1120. The van der Waals surface area contributed by atoms with E-state index in [1.807, 2.05) is 48.5 Å². The van der Waals surface area contributed by atoms with E-state index in [0.29, 0.717) is 48.6 Å². The minimum absolute atomic E-state index is 0.0342. The average molecular weight is 416 g/mol. The largest absolute Gasteiger partial charge is 0.505 e. The molecule has 4 rings (SSSR count). The minimum atomic E-state index is 0.0342. The molecule has 0 aliphatic heterocycles. The first-order valence-corrected chi connectivity index (χ1v) is 8.73. The summed E-state index contributed by atoms with van der Waals surface area (Å²) in [7, 11) is 0. The van der Waals surface area contributed by atoms with Crippen LogP contribution in [0.2, 0.25) is 5.02 Å². The zero-order chi connectivity index (χ0) is 17.6. The van der Waals surface area contributed by atoms with Crippen molar-refractivity contribution in [2.45, 2.75) is 6.92 Å². The maximum absolute atomic E-state index is 10.4. The van der Waals surface area contributed by atoms with Gasteiger partial charge in [-0.2, -0.15) is 0 Å². The maximum atomic E-state index is 10.4. The smallest absolute Gasteiger partial charge is 0.155 e. The van der Waals surface area contributed by atoms with E-state index in [4.69, 9.17) is 16.3 Å². The molecular formula is C19H12BrClN2O2. The number of aromatic nitrogens is 2. The zero-order valence-corrected chi connectivity index (χ0v) is 15.5. The van der Waals surface area contributed by atoms with Crippen molar-refractivity contribution in [2.24, 2.45) is 0 Å². The molecule has 1 heterocycles. The van der Waals surface area contributed by atoms with Crippen molar-refractivity contribution < 1.29 is 9.84 Å². The summed E-state index contributed by atoms with van der Waals surface area (Å²) >= 11 is 9.73. The van der Waals surface area contributed by atoms with Gasteiger partial charge in [-0.15, -0.1) is 0 Å². The number of phenolic OH excluding ortho intramolecular Hbond substituents is 1. The summed E-state index contributed by atoms with van der Waals surface area (Å²) in [5.41, 5.74) is 2.68. The fourth-order valence-electron chi connectivity index (χ4n) is 2.62. The molecule has 0 spiro atoms. The molecule has 4 nitrogen and oxygen atoms in total. The van der Waals surface area contributed by atoms with Crippen LogP contribution in [-0.4, -0.2) is 15.1 Å². The summed E-state index contributed by atoms with van der Waals surface area (Å²) in [5, 5.41) is 10.8. The Morgan fingerprint density at radius 3 is 2.48 bits per heavy atom. The summed E-state index contributed by atoms with van der Waals surface area (Å²) in [6, 6.07) is 15.0. The number of aromatic hydroxyl groups is 1. The van der Waals surface area contributed by atoms with Gasteiger partial charge < -0.3 is 9.84 Å². The molecule has 6 heteroatoms. The van der Waals surface area contributed by atoms with E-state index >= 15 is 0 Å². The van der Waals surface area contributed by atoms with Crippen molar-refractivity contribution in [3.8, 4) is 17.2 Å². The molecule has 25 heavy (non-hydrogen) atoms. The number of para-hydroxylation sites is 2. The number of benzene rings is 3. The van der Waals surface area contributed by atoms with Crippen molar-refractivity contribution in [3.05, 3.63) is 63.6 Å². The van der Waals surface area contributed by atoms with Gasteiger partial charge in [0.05, 0.1) is 15.0 Å². The SMILES string of the molecule is Cc1c(Cl)c(Br)c2nc3c(Oc4ccccc4)cccc3nc2c1O. The predicted molar refractivity (Wildman–Crippen MR) is 103 cm³/mol.